The van der Waals surface area contributed by atoms with Crippen molar-refractivity contribution in [3.8, 4) is 0 Å². The quantitative estimate of drug-likeness (QED) is 0.311. The van der Waals surface area contributed by atoms with Crippen molar-refractivity contribution >= 4 is 0 Å². The normalized spacial score (nSPS) is 17.8. The molecule has 2 aliphatic rings. The van der Waals surface area contributed by atoms with Crippen LogP contribution in [0.5, 0.6) is 0 Å². The Morgan fingerprint density at radius 3 is 0.583 bits per heavy atom. The van der Waals surface area contributed by atoms with Gasteiger partial charge in [0.2, 0.25) is 0 Å². The number of rotatable bonds is 0. The Morgan fingerprint density at radius 2 is 0.542 bits per heavy atom. The maximum Gasteiger partial charge on any atom is 0 e. The van der Waals surface area contributed by atoms with Crippen molar-refractivity contribution in [2.45, 2.75) is 69.2 Å². The van der Waals surface area contributed by atoms with Crippen LogP contribution in [0.1, 0.15) is 69.2 Å². The van der Waals surface area contributed by atoms with Gasteiger partial charge in [0.05, 0.1) is 0 Å². The van der Waals surface area contributed by atoms with Gasteiger partial charge in [0, 0.05) is 22.4 Å². The minimum atomic E-state index is 0. The molecule has 24 heavy (non-hydrogen) atoms. The zero-order valence-electron chi connectivity index (χ0n) is 16.7. The van der Waals surface area contributed by atoms with Crippen molar-refractivity contribution in [1.29, 1.82) is 0 Å². The molecule has 4 heteroatoms. The van der Waals surface area contributed by atoms with Crippen LogP contribution in [-0.4, -0.2) is 0 Å². The molecule has 2 aliphatic carbocycles. The standard InChI is InChI=1S/2C10H16.3ClH.Ta/c2*1-6-7(2)9(4)10(5)8(6)3;;;;/h2*6H,1-5H3;3*1H;/p-3. The molecule has 0 spiro atoms. The van der Waals surface area contributed by atoms with Gasteiger partial charge in [-0.15, -0.1) is 0 Å². The van der Waals surface area contributed by atoms with Crippen LogP contribution in [-0.2, 0) is 22.4 Å². The van der Waals surface area contributed by atoms with Crippen LogP contribution >= 0.6 is 0 Å². The van der Waals surface area contributed by atoms with Gasteiger partial charge in [-0.1, -0.05) is 36.1 Å². The summed E-state index contributed by atoms with van der Waals surface area (Å²) >= 11 is 0. The van der Waals surface area contributed by atoms with E-state index in [4.69, 9.17) is 0 Å². The summed E-state index contributed by atoms with van der Waals surface area (Å²) in [6.07, 6.45) is 0. The van der Waals surface area contributed by atoms with Crippen molar-refractivity contribution in [1.82, 2.24) is 0 Å². The molecular formula is C20H32Cl3Ta-3. The fraction of sp³-hybridized carbons (Fsp3) is 0.600. The van der Waals surface area contributed by atoms with E-state index in [1.54, 1.807) is 22.3 Å². The molecule has 0 saturated heterocycles. The summed E-state index contributed by atoms with van der Waals surface area (Å²) in [7, 11) is 0. The third-order valence-electron chi connectivity index (χ3n) is 6.09. The van der Waals surface area contributed by atoms with Gasteiger partial charge in [0.25, 0.3) is 0 Å². The Hall–Kier alpha value is 0.570. The molecule has 141 valence electrons. The molecule has 0 nitrogen and oxygen atoms in total. The molecule has 0 aromatic carbocycles. The average molecular weight is 560 g/mol. The van der Waals surface area contributed by atoms with E-state index in [0.29, 0.717) is 11.8 Å². The van der Waals surface area contributed by atoms with E-state index in [9.17, 15) is 0 Å². The topological polar surface area (TPSA) is 0 Å². The first-order chi connectivity index (χ1) is 9.11. The summed E-state index contributed by atoms with van der Waals surface area (Å²) < 4.78 is 0. The first-order valence-electron chi connectivity index (χ1n) is 7.81. The number of hydrogen-bond acceptors (Lipinski definition) is 0. The second-order valence-corrected chi connectivity index (χ2v) is 6.68. The van der Waals surface area contributed by atoms with E-state index < -0.39 is 0 Å². The summed E-state index contributed by atoms with van der Waals surface area (Å²) in [5.41, 5.74) is 12.2. The van der Waals surface area contributed by atoms with E-state index in [2.05, 4.69) is 69.2 Å². The largest absolute Gasteiger partial charge is 1.00 e. The maximum atomic E-state index is 2.28. The summed E-state index contributed by atoms with van der Waals surface area (Å²) in [4.78, 5) is 0. The van der Waals surface area contributed by atoms with Crippen LogP contribution in [0, 0.1) is 11.8 Å². The van der Waals surface area contributed by atoms with Gasteiger partial charge in [0.15, 0.2) is 0 Å². The summed E-state index contributed by atoms with van der Waals surface area (Å²) in [5, 5.41) is 0. The van der Waals surface area contributed by atoms with E-state index in [1.165, 1.54) is 22.3 Å². The Balaban J connectivity index is -0.000000143. The molecule has 0 aliphatic heterocycles. The van der Waals surface area contributed by atoms with Crippen LogP contribution in [0.4, 0.5) is 0 Å². The third-order valence-corrected chi connectivity index (χ3v) is 6.09. The summed E-state index contributed by atoms with van der Waals surface area (Å²) in [6, 6.07) is 0. The van der Waals surface area contributed by atoms with E-state index in [1.807, 2.05) is 0 Å². The van der Waals surface area contributed by atoms with E-state index in [-0.39, 0.29) is 59.6 Å². The molecule has 0 unspecified atom stereocenters. The molecule has 0 aromatic heterocycles. The van der Waals surface area contributed by atoms with Crippen LogP contribution in [0.3, 0.4) is 0 Å². The molecule has 0 amide bonds. The fourth-order valence-electron chi connectivity index (χ4n) is 3.13. The molecular weight excluding hydrogens is 528 g/mol. The predicted octanol–water partition coefficient (Wildman–Crippen LogP) is -2.37. The molecule has 0 saturated carbocycles. The summed E-state index contributed by atoms with van der Waals surface area (Å²) in [5.74, 6) is 1.39. The van der Waals surface area contributed by atoms with Crippen LogP contribution in [0.2, 0.25) is 0 Å². The van der Waals surface area contributed by atoms with Crippen LogP contribution in [0.25, 0.3) is 0 Å². The van der Waals surface area contributed by atoms with E-state index in [0.717, 1.165) is 0 Å². The molecule has 0 fully saturated rings. The van der Waals surface area contributed by atoms with Gasteiger partial charge in [-0.05, 0) is 89.5 Å². The Bertz CT molecular complexity index is 453. The van der Waals surface area contributed by atoms with Crippen LogP contribution < -0.4 is 37.2 Å². The molecule has 0 aromatic rings. The van der Waals surface area contributed by atoms with Crippen molar-refractivity contribution in [3.05, 3.63) is 44.6 Å². The molecule has 2 rings (SSSR count). The summed E-state index contributed by atoms with van der Waals surface area (Å²) in [6.45, 7) is 22.4. The fourth-order valence-corrected chi connectivity index (χ4v) is 3.13. The minimum Gasteiger partial charge on any atom is -1.00 e. The van der Waals surface area contributed by atoms with Gasteiger partial charge in [-0.25, -0.2) is 0 Å². The zero-order valence-corrected chi connectivity index (χ0v) is 22.2. The first-order valence-corrected chi connectivity index (χ1v) is 7.81. The Morgan fingerprint density at radius 1 is 0.417 bits per heavy atom. The van der Waals surface area contributed by atoms with Gasteiger partial charge in [-0.3, -0.25) is 0 Å². The third kappa shape index (κ3) is 6.38. The Labute approximate surface area is 184 Å². The SMILES string of the molecule is CC1=C(C)C(C)C(C)=C1C.CC1=C(C)C(C)C(C)=C1C.[Cl-].[Cl-].[Cl-].[Ta]. The smallest absolute Gasteiger partial charge is 0 e. The second-order valence-electron chi connectivity index (χ2n) is 6.68. The van der Waals surface area contributed by atoms with Gasteiger partial charge >= 0.3 is 0 Å². The van der Waals surface area contributed by atoms with E-state index >= 15 is 0 Å². The van der Waals surface area contributed by atoms with Crippen molar-refractivity contribution < 1.29 is 59.6 Å². The molecule has 1 radical (unpaired) electrons. The molecule has 0 heterocycles. The van der Waals surface area contributed by atoms with Crippen molar-refractivity contribution in [2.24, 2.45) is 11.8 Å². The average Bonchev–Trinajstić information content (AvgIpc) is 2.71. The van der Waals surface area contributed by atoms with Gasteiger partial charge < -0.3 is 37.2 Å². The van der Waals surface area contributed by atoms with Crippen molar-refractivity contribution in [2.75, 3.05) is 0 Å². The molecule has 0 N–H and O–H groups in total. The second kappa shape index (κ2) is 12.8. The zero-order chi connectivity index (χ0) is 15.8. The molecule has 0 atom stereocenters. The number of halogens is 3. The monoisotopic (exact) mass is 558 g/mol. The maximum absolute atomic E-state index is 2.28. The molecule has 0 bridgehead atoms. The van der Waals surface area contributed by atoms with Gasteiger partial charge in [0.1, 0.15) is 0 Å². The number of hydrogen-bond donors (Lipinski definition) is 0. The minimum absolute atomic E-state index is 0. The van der Waals surface area contributed by atoms with Crippen LogP contribution in [0.15, 0.2) is 44.6 Å². The Kier molecular flexibility index (Phi) is 17.3. The number of allylic oxidation sites excluding steroid dienone is 8. The first kappa shape index (κ1) is 32.3. The predicted molar refractivity (Wildman–Crippen MR) is 91.8 cm³/mol. The van der Waals surface area contributed by atoms with Crippen molar-refractivity contribution in [3.63, 3.8) is 0 Å². The van der Waals surface area contributed by atoms with Gasteiger partial charge in [-0.2, -0.15) is 0 Å².